The Morgan fingerprint density at radius 1 is 1.40 bits per heavy atom. The lowest BCUT2D eigenvalue weighted by molar-refractivity contribution is -0.140. The molecule has 4 nitrogen and oxygen atoms in total. The van der Waals surface area contributed by atoms with Gasteiger partial charge >= 0.3 is 11.9 Å². The second-order valence-corrected chi connectivity index (χ2v) is 2.91. The Morgan fingerprint density at radius 3 is 2.60 bits per heavy atom. The average Bonchev–Trinajstić information content (AvgIpc) is 2.97. The first-order chi connectivity index (χ1) is 7.09. The molecule has 0 N–H and O–H groups in total. The van der Waals surface area contributed by atoms with Crippen molar-refractivity contribution in [1.29, 1.82) is 0 Å². The van der Waals surface area contributed by atoms with Crippen molar-refractivity contribution in [2.75, 3.05) is 6.61 Å². The Bertz CT molecular complexity index is 312. The quantitative estimate of drug-likeness (QED) is 0.517. The molecule has 0 aromatic carbocycles. The summed E-state index contributed by atoms with van der Waals surface area (Å²) in [6.07, 6.45) is 0.600. The fraction of sp³-hybridized carbons (Fsp3) is 0.556. The van der Waals surface area contributed by atoms with E-state index in [2.05, 4.69) is 9.47 Å². The van der Waals surface area contributed by atoms with Crippen LogP contribution in [0.1, 0.15) is 12.8 Å². The molecule has 0 radical (unpaired) electrons. The number of rotatable bonds is 3. The van der Waals surface area contributed by atoms with E-state index < -0.39 is 25.0 Å². The smallest absolute Gasteiger partial charge is 0.387 e. The van der Waals surface area contributed by atoms with E-state index >= 15 is 0 Å². The second kappa shape index (κ2) is 5.29. The maximum atomic E-state index is 11.5. The Morgan fingerprint density at radius 2 is 2.07 bits per heavy atom. The Hall–Kier alpha value is -1.64. The molecule has 0 atom stereocenters. The highest BCUT2D eigenvalue weighted by Gasteiger charge is 2.31. The van der Waals surface area contributed by atoms with Crippen LogP contribution in [0.5, 0.6) is 0 Å². The third kappa shape index (κ3) is 4.96. The molecule has 0 aromatic rings. The number of hydrogen-bond donors (Lipinski definition) is 0. The summed E-state index contributed by atoms with van der Waals surface area (Å²) in [7, 11) is 0. The minimum absolute atomic E-state index is 0.128. The predicted octanol–water partition coefficient (Wildman–Crippen LogP) is 0.709. The third-order valence-electron chi connectivity index (χ3n) is 1.56. The molecule has 1 fully saturated rings. The van der Waals surface area contributed by atoms with Crippen LogP contribution in [0.15, 0.2) is 0 Å². The monoisotopic (exact) mass is 218 g/mol. The minimum atomic E-state index is -2.73. The molecule has 0 bridgehead atoms. The third-order valence-corrected chi connectivity index (χ3v) is 1.56. The molecule has 0 aromatic heterocycles. The zero-order valence-electron chi connectivity index (χ0n) is 7.66. The van der Waals surface area contributed by atoms with Crippen LogP contribution in [-0.2, 0) is 19.1 Å². The summed E-state index contributed by atoms with van der Waals surface area (Å²) in [5, 5.41) is 0. The van der Waals surface area contributed by atoms with Gasteiger partial charge in [-0.1, -0.05) is 0 Å². The Labute approximate surface area is 84.5 Å². The molecule has 82 valence electrons. The van der Waals surface area contributed by atoms with Crippen LogP contribution in [0.4, 0.5) is 8.78 Å². The van der Waals surface area contributed by atoms with Crippen LogP contribution >= 0.6 is 0 Å². The van der Waals surface area contributed by atoms with E-state index in [1.807, 2.05) is 6.11 Å². The second-order valence-electron chi connectivity index (χ2n) is 2.91. The van der Waals surface area contributed by atoms with Crippen LogP contribution < -0.4 is 0 Å². The molecular formula is C9H8F2O4. The first kappa shape index (κ1) is 11.4. The predicted molar refractivity (Wildman–Crippen MR) is 43.6 cm³/mol. The largest absolute Gasteiger partial charge is 0.450 e. The molecule has 6 heteroatoms. The zero-order valence-corrected chi connectivity index (χ0v) is 7.66. The van der Waals surface area contributed by atoms with E-state index in [1.54, 1.807) is 5.92 Å². The van der Waals surface area contributed by atoms with Crippen molar-refractivity contribution in [2.45, 2.75) is 19.3 Å². The van der Waals surface area contributed by atoms with Crippen LogP contribution in [0.2, 0.25) is 0 Å². The van der Waals surface area contributed by atoms with Crippen LogP contribution in [0.25, 0.3) is 0 Å². The summed E-state index contributed by atoms with van der Waals surface area (Å²) in [5.41, 5.74) is 0. The summed E-state index contributed by atoms with van der Waals surface area (Å²) in [6, 6.07) is 0. The van der Waals surface area contributed by atoms with Gasteiger partial charge in [0, 0.05) is 0 Å². The zero-order chi connectivity index (χ0) is 11.3. The number of esters is 2. The number of ether oxygens (including phenoxy) is 2. The molecule has 0 spiro atoms. The molecule has 1 aliphatic carbocycles. The highest BCUT2D eigenvalue weighted by atomic mass is 19.3. The van der Waals surface area contributed by atoms with Gasteiger partial charge < -0.3 is 9.47 Å². The number of carbonyl (C=O) groups excluding carboxylic acids is 2. The van der Waals surface area contributed by atoms with Crippen molar-refractivity contribution in [2.24, 2.45) is 5.92 Å². The van der Waals surface area contributed by atoms with E-state index in [4.69, 9.17) is 0 Å². The summed E-state index contributed by atoms with van der Waals surface area (Å²) >= 11 is 0. The first-order valence-electron chi connectivity index (χ1n) is 4.26. The van der Waals surface area contributed by atoms with Gasteiger partial charge in [0.15, 0.2) is 6.61 Å². The summed E-state index contributed by atoms with van der Waals surface area (Å²) < 4.78 is 31.5. The average molecular weight is 218 g/mol. The number of hydrogen-bond acceptors (Lipinski definition) is 4. The molecule has 0 saturated heterocycles. The van der Waals surface area contributed by atoms with E-state index in [0.717, 1.165) is 12.8 Å². The topological polar surface area (TPSA) is 52.6 Å². The van der Waals surface area contributed by atoms with E-state index in [0.29, 0.717) is 0 Å². The SMILES string of the molecule is O=C(C#COC(=O)C1CC1)OCC(F)F. The van der Waals surface area contributed by atoms with Gasteiger partial charge in [-0.2, -0.15) is 0 Å². The molecular weight excluding hydrogens is 210 g/mol. The summed E-state index contributed by atoms with van der Waals surface area (Å²) in [5.74, 6) is -0.000379. The van der Waals surface area contributed by atoms with Crippen molar-refractivity contribution in [1.82, 2.24) is 0 Å². The van der Waals surface area contributed by atoms with Crippen LogP contribution in [0.3, 0.4) is 0 Å². The van der Waals surface area contributed by atoms with Gasteiger partial charge in [-0.15, -0.1) is 0 Å². The molecule has 15 heavy (non-hydrogen) atoms. The Balaban J connectivity index is 2.18. The van der Waals surface area contributed by atoms with E-state index in [-0.39, 0.29) is 5.92 Å². The van der Waals surface area contributed by atoms with Gasteiger partial charge in [0.2, 0.25) is 0 Å². The maximum absolute atomic E-state index is 11.5. The fourth-order valence-electron chi connectivity index (χ4n) is 0.695. The Kier molecular flexibility index (Phi) is 4.03. The van der Waals surface area contributed by atoms with E-state index in [1.165, 1.54) is 0 Å². The number of alkyl halides is 2. The molecule has 1 aliphatic rings. The lowest BCUT2D eigenvalue weighted by Crippen LogP contribution is -2.10. The lowest BCUT2D eigenvalue weighted by atomic mass is 10.4. The summed E-state index contributed by atoms with van der Waals surface area (Å²) in [4.78, 5) is 21.5. The summed E-state index contributed by atoms with van der Waals surface area (Å²) in [6.45, 7) is -1.01. The minimum Gasteiger partial charge on any atom is -0.450 e. The molecule has 0 heterocycles. The molecule has 0 unspecified atom stereocenters. The lowest BCUT2D eigenvalue weighted by Gasteiger charge is -1.96. The number of halogens is 2. The normalized spacial score (nSPS) is 14.1. The highest BCUT2D eigenvalue weighted by Crippen LogP contribution is 2.29. The molecule has 1 rings (SSSR count). The van der Waals surface area contributed by atoms with Crippen molar-refractivity contribution >= 4 is 11.9 Å². The number of carbonyl (C=O) groups is 2. The van der Waals surface area contributed by atoms with Crippen molar-refractivity contribution in [3.05, 3.63) is 0 Å². The van der Waals surface area contributed by atoms with Crippen LogP contribution in [-0.4, -0.2) is 25.0 Å². The van der Waals surface area contributed by atoms with Gasteiger partial charge in [-0.05, 0) is 12.8 Å². The van der Waals surface area contributed by atoms with Crippen molar-refractivity contribution in [3.8, 4) is 12.0 Å². The van der Waals surface area contributed by atoms with Crippen LogP contribution in [0, 0.1) is 17.9 Å². The van der Waals surface area contributed by atoms with Gasteiger partial charge in [0.05, 0.1) is 11.8 Å². The molecule has 0 aliphatic heterocycles. The fourth-order valence-corrected chi connectivity index (χ4v) is 0.695. The molecule has 1 saturated carbocycles. The van der Waals surface area contributed by atoms with Gasteiger partial charge in [0.1, 0.15) is 6.11 Å². The van der Waals surface area contributed by atoms with Gasteiger partial charge in [-0.3, -0.25) is 4.79 Å². The van der Waals surface area contributed by atoms with E-state index in [9.17, 15) is 18.4 Å². The molecule has 0 amide bonds. The van der Waals surface area contributed by atoms with Gasteiger partial charge in [-0.25, -0.2) is 13.6 Å². The standard InChI is InChI=1S/C9H8F2O4/c10-7(11)5-15-8(12)3-4-14-9(13)6-1-2-6/h6-7H,1-2,5H2. The maximum Gasteiger partial charge on any atom is 0.387 e. The first-order valence-corrected chi connectivity index (χ1v) is 4.26. The highest BCUT2D eigenvalue weighted by molar-refractivity contribution is 5.88. The van der Waals surface area contributed by atoms with Gasteiger partial charge in [0.25, 0.3) is 6.43 Å². The van der Waals surface area contributed by atoms with Crippen molar-refractivity contribution in [3.63, 3.8) is 0 Å². The van der Waals surface area contributed by atoms with Crippen molar-refractivity contribution < 1.29 is 27.8 Å².